The second-order valence-corrected chi connectivity index (χ2v) is 4.27. The molecule has 1 aromatic rings. The lowest BCUT2D eigenvalue weighted by molar-refractivity contribution is 0.598. The quantitative estimate of drug-likeness (QED) is 0.601. The van der Waals surface area contributed by atoms with Crippen molar-refractivity contribution in [2.45, 2.75) is 0 Å². The van der Waals surface area contributed by atoms with Crippen molar-refractivity contribution in [3.05, 3.63) is 53.9 Å². The molecule has 2 heteroatoms. The van der Waals surface area contributed by atoms with E-state index in [4.69, 9.17) is 0 Å². The maximum atomic E-state index is 11.4. The molecule has 1 aliphatic rings. The topological polar surface area (TPSA) is 17.1 Å². The molecular formula is C10H9OP. The highest BCUT2D eigenvalue weighted by molar-refractivity contribution is 7.60. The van der Waals surface area contributed by atoms with E-state index in [0.29, 0.717) is 0 Å². The standard InChI is InChI=1S/C10H9OP/c11-12-8-4-7-10(12)9-5-2-1-3-6-9/h1-8,12H. The van der Waals surface area contributed by atoms with Crippen LogP contribution in [0.3, 0.4) is 0 Å². The highest BCUT2D eigenvalue weighted by atomic mass is 31.1. The molecule has 1 atom stereocenters. The molecule has 0 amide bonds. The van der Waals surface area contributed by atoms with Crippen LogP contribution >= 0.6 is 7.80 Å². The molecule has 1 aromatic carbocycles. The maximum absolute atomic E-state index is 11.4. The first-order valence-corrected chi connectivity index (χ1v) is 5.34. The van der Waals surface area contributed by atoms with Gasteiger partial charge in [0, 0.05) is 5.31 Å². The van der Waals surface area contributed by atoms with Crippen LogP contribution in [-0.4, -0.2) is 0 Å². The van der Waals surface area contributed by atoms with Crippen LogP contribution in [0, 0.1) is 0 Å². The van der Waals surface area contributed by atoms with Crippen molar-refractivity contribution in [3.63, 3.8) is 0 Å². The molecule has 0 fully saturated rings. The van der Waals surface area contributed by atoms with Crippen LogP contribution in [0.1, 0.15) is 5.56 Å². The van der Waals surface area contributed by atoms with Crippen LogP contribution in [0.15, 0.2) is 48.3 Å². The Bertz CT molecular complexity index is 363. The van der Waals surface area contributed by atoms with Gasteiger partial charge in [0.05, 0.1) is 0 Å². The lowest BCUT2D eigenvalue weighted by atomic mass is 10.2. The Balaban J connectivity index is 2.40. The maximum Gasteiger partial charge on any atom is 0.125 e. The molecule has 1 unspecified atom stereocenters. The largest absolute Gasteiger partial charge is 0.318 e. The summed E-state index contributed by atoms with van der Waals surface area (Å²) in [5.41, 5.74) is 1.08. The van der Waals surface area contributed by atoms with Gasteiger partial charge < -0.3 is 4.57 Å². The number of allylic oxidation sites excluding steroid dienone is 2. The van der Waals surface area contributed by atoms with Gasteiger partial charge in [-0.1, -0.05) is 42.5 Å². The van der Waals surface area contributed by atoms with E-state index in [2.05, 4.69) is 0 Å². The summed E-state index contributed by atoms with van der Waals surface area (Å²) in [6, 6.07) is 9.86. The zero-order valence-corrected chi connectivity index (χ0v) is 7.53. The third kappa shape index (κ3) is 1.28. The highest BCUT2D eigenvalue weighted by Crippen LogP contribution is 2.44. The smallest absolute Gasteiger partial charge is 0.125 e. The van der Waals surface area contributed by atoms with Crippen LogP contribution in [0.2, 0.25) is 0 Å². The third-order valence-corrected chi connectivity index (χ3v) is 3.34. The Kier molecular flexibility index (Phi) is 1.97. The van der Waals surface area contributed by atoms with Crippen LogP contribution in [0.25, 0.3) is 5.31 Å². The Morgan fingerprint density at radius 2 is 1.83 bits per heavy atom. The number of hydrogen-bond acceptors (Lipinski definition) is 1. The van der Waals surface area contributed by atoms with Crippen molar-refractivity contribution >= 4 is 13.1 Å². The average Bonchev–Trinajstić information content (AvgIpc) is 2.53. The first kappa shape index (κ1) is 7.57. The van der Waals surface area contributed by atoms with Crippen molar-refractivity contribution in [1.82, 2.24) is 0 Å². The number of benzene rings is 1. The van der Waals surface area contributed by atoms with Crippen molar-refractivity contribution in [1.29, 1.82) is 0 Å². The van der Waals surface area contributed by atoms with Gasteiger partial charge in [-0.15, -0.1) is 0 Å². The van der Waals surface area contributed by atoms with Crippen molar-refractivity contribution in [2.75, 3.05) is 0 Å². The monoisotopic (exact) mass is 176 g/mol. The van der Waals surface area contributed by atoms with Gasteiger partial charge in [-0.05, 0) is 11.4 Å². The molecule has 60 valence electrons. The van der Waals surface area contributed by atoms with E-state index in [-0.39, 0.29) is 0 Å². The molecule has 0 aliphatic carbocycles. The molecule has 1 heterocycles. The van der Waals surface area contributed by atoms with Gasteiger partial charge in [-0.3, -0.25) is 0 Å². The highest BCUT2D eigenvalue weighted by Gasteiger charge is 2.08. The van der Waals surface area contributed by atoms with Gasteiger partial charge in [0.15, 0.2) is 0 Å². The van der Waals surface area contributed by atoms with E-state index in [1.807, 2.05) is 42.5 Å². The summed E-state index contributed by atoms with van der Waals surface area (Å²) in [6.07, 6.45) is 3.79. The van der Waals surface area contributed by atoms with Gasteiger partial charge in [-0.2, -0.15) is 0 Å². The van der Waals surface area contributed by atoms with E-state index in [1.165, 1.54) is 0 Å². The summed E-state index contributed by atoms with van der Waals surface area (Å²) >= 11 is 0. The minimum absolute atomic E-state index is 0.973. The van der Waals surface area contributed by atoms with Gasteiger partial charge in [0.25, 0.3) is 0 Å². The molecule has 0 spiro atoms. The van der Waals surface area contributed by atoms with E-state index >= 15 is 0 Å². The first-order chi connectivity index (χ1) is 5.88. The summed E-state index contributed by atoms with van der Waals surface area (Å²) in [5.74, 6) is 1.77. The first-order valence-electron chi connectivity index (χ1n) is 3.86. The van der Waals surface area contributed by atoms with Crippen molar-refractivity contribution < 1.29 is 4.57 Å². The number of hydrogen-bond donors (Lipinski definition) is 0. The fourth-order valence-electron chi connectivity index (χ4n) is 1.26. The minimum Gasteiger partial charge on any atom is -0.318 e. The zero-order chi connectivity index (χ0) is 8.39. The summed E-state index contributed by atoms with van der Waals surface area (Å²) < 4.78 is 11.4. The Hall–Kier alpha value is -1.07. The molecule has 0 aromatic heterocycles. The average molecular weight is 176 g/mol. The molecule has 0 N–H and O–H groups in total. The van der Waals surface area contributed by atoms with Crippen molar-refractivity contribution in [2.24, 2.45) is 0 Å². The van der Waals surface area contributed by atoms with Gasteiger partial charge in [0.2, 0.25) is 0 Å². The van der Waals surface area contributed by atoms with E-state index in [0.717, 1.165) is 10.9 Å². The van der Waals surface area contributed by atoms with Crippen LogP contribution in [0.4, 0.5) is 0 Å². The Labute approximate surface area is 72.2 Å². The van der Waals surface area contributed by atoms with Gasteiger partial charge in [0.1, 0.15) is 7.80 Å². The fraction of sp³-hybridized carbons (Fsp3) is 0. The summed E-state index contributed by atoms with van der Waals surface area (Å²) in [5, 5.41) is 0.973. The van der Waals surface area contributed by atoms with Gasteiger partial charge >= 0.3 is 0 Å². The van der Waals surface area contributed by atoms with Gasteiger partial charge in [-0.25, -0.2) is 0 Å². The lowest BCUT2D eigenvalue weighted by Crippen LogP contribution is -1.74. The van der Waals surface area contributed by atoms with E-state index in [9.17, 15) is 4.57 Å². The van der Waals surface area contributed by atoms with E-state index < -0.39 is 7.80 Å². The predicted molar refractivity (Wildman–Crippen MR) is 52.6 cm³/mol. The second kappa shape index (κ2) is 3.12. The summed E-state index contributed by atoms with van der Waals surface area (Å²) in [4.78, 5) is 0. The normalized spacial score (nSPS) is 21.0. The minimum atomic E-state index is -1.62. The molecule has 0 bridgehead atoms. The molecule has 2 rings (SSSR count). The molecule has 1 aliphatic heterocycles. The number of rotatable bonds is 1. The Morgan fingerprint density at radius 1 is 1.08 bits per heavy atom. The predicted octanol–water partition coefficient (Wildman–Crippen LogP) is 3.11. The molecular weight excluding hydrogens is 167 g/mol. The zero-order valence-electron chi connectivity index (χ0n) is 6.53. The van der Waals surface area contributed by atoms with Crippen molar-refractivity contribution in [3.8, 4) is 0 Å². The fourth-order valence-corrected chi connectivity index (χ4v) is 2.42. The molecule has 1 nitrogen and oxygen atoms in total. The lowest BCUT2D eigenvalue weighted by Gasteiger charge is -1.99. The van der Waals surface area contributed by atoms with E-state index in [1.54, 1.807) is 5.82 Å². The molecule has 0 saturated carbocycles. The molecule has 12 heavy (non-hydrogen) atoms. The SMILES string of the molecule is O=[PH]1C=CC=C1c1ccccc1. The van der Waals surface area contributed by atoms with Crippen LogP contribution in [-0.2, 0) is 4.57 Å². The summed E-state index contributed by atoms with van der Waals surface area (Å²) in [6.45, 7) is 0. The molecule has 0 radical (unpaired) electrons. The third-order valence-electron chi connectivity index (χ3n) is 1.86. The second-order valence-electron chi connectivity index (χ2n) is 2.67. The van der Waals surface area contributed by atoms with Crippen LogP contribution < -0.4 is 0 Å². The summed E-state index contributed by atoms with van der Waals surface area (Å²) in [7, 11) is -1.62. The molecule has 0 saturated heterocycles. The van der Waals surface area contributed by atoms with Crippen LogP contribution in [0.5, 0.6) is 0 Å². The Morgan fingerprint density at radius 3 is 2.42 bits per heavy atom.